The van der Waals surface area contributed by atoms with Crippen LogP contribution in [0, 0.1) is 16.7 Å². The molecule has 1 aromatic rings. The van der Waals surface area contributed by atoms with Crippen LogP contribution in [-0.4, -0.2) is 17.0 Å². The summed E-state index contributed by atoms with van der Waals surface area (Å²) >= 11 is 0. The average molecular weight is 261 g/mol. The molecule has 1 amide bonds. The highest BCUT2D eigenvalue weighted by Crippen LogP contribution is 2.68. The minimum absolute atomic E-state index is 0.0603. The van der Waals surface area contributed by atoms with Gasteiger partial charge in [-0.15, -0.1) is 0 Å². The summed E-state index contributed by atoms with van der Waals surface area (Å²) in [5.41, 5.74) is 0.357. The number of aromatic carboxylic acids is 1. The maximum absolute atomic E-state index is 12.3. The third-order valence-electron chi connectivity index (χ3n) is 4.70. The molecule has 4 heteroatoms. The van der Waals surface area contributed by atoms with Crippen LogP contribution in [0.1, 0.15) is 38.1 Å². The molecule has 0 heterocycles. The Morgan fingerprint density at radius 1 is 1.11 bits per heavy atom. The highest BCUT2D eigenvalue weighted by atomic mass is 16.4. The van der Waals surface area contributed by atoms with E-state index in [1.807, 2.05) is 0 Å². The van der Waals surface area contributed by atoms with Crippen LogP contribution in [0.4, 0.5) is 5.69 Å². The van der Waals surface area contributed by atoms with E-state index in [4.69, 9.17) is 5.11 Å². The highest BCUT2D eigenvalue weighted by molar-refractivity contribution is 6.02. The monoisotopic (exact) mass is 261 g/mol. The first-order chi connectivity index (χ1) is 8.69. The maximum atomic E-state index is 12.3. The van der Waals surface area contributed by atoms with E-state index in [9.17, 15) is 9.59 Å². The van der Waals surface area contributed by atoms with Crippen molar-refractivity contribution in [2.75, 3.05) is 5.32 Å². The van der Waals surface area contributed by atoms with Gasteiger partial charge in [0, 0.05) is 5.92 Å². The zero-order valence-corrected chi connectivity index (χ0v) is 11.7. The molecule has 1 saturated carbocycles. The largest absolute Gasteiger partial charge is 0.478 e. The summed E-state index contributed by atoms with van der Waals surface area (Å²) in [6, 6.07) is 6.46. The quantitative estimate of drug-likeness (QED) is 0.879. The third kappa shape index (κ3) is 2.01. The summed E-state index contributed by atoms with van der Waals surface area (Å²) in [6.07, 6.45) is 0. The molecular formula is C15H19NO3. The van der Waals surface area contributed by atoms with Crippen molar-refractivity contribution in [3.05, 3.63) is 29.8 Å². The number of carbonyl (C=O) groups excluding carboxylic acids is 1. The summed E-state index contributed by atoms with van der Waals surface area (Å²) in [5.74, 6) is -1.24. The van der Waals surface area contributed by atoms with Gasteiger partial charge in [-0.05, 0) is 23.0 Å². The molecule has 1 aliphatic rings. The second-order valence-electron chi connectivity index (χ2n) is 6.22. The van der Waals surface area contributed by atoms with Crippen LogP contribution in [0.3, 0.4) is 0 Å². The van der Waals surface area contributed by atoms with Gasteiger partial charge in [-0.2, -0.15) is 0 Å². The van der Waals surface area contributed by atoms with Gasteiger partial charge in [0.2, 0.25) is 5.91 Å². The van der Waals surface area contributed by atoms with Crippen molar-refractivity contribution < 1.29 is 14.7 Å². The molecule has 0 aromatic heterocycles. The van der Waals surface area contributed by atoms with Crippen molar-refractivity contribution in [3.63, 3.8) is 0 Å². The Bertz CT molecular complexity index is 532. The first-order valence-corrected chi connectivity index (χ1v) is 6.33. The lowest BCUT2D eigenvalue weighted by molar-refractivity contribution is -0.118. The van der Waals surface area contributed by atoms with Crippen molar-refractivity contribution in [3.8, 4) is 0 Å². The number of carboxylic acids is 1. The number of hydrogen-bond acceptors (Lipinski definition) is 2. The molecule has 2 rings (SSSR count). The van der Waals surface area contributed by atoms with Gasteiger partial charge in [0.05, 0.1) is 11.3 Å². The van der Waals surface area contributed by atoms with Crippen LogP contribution in [0.5, 0.6) is 0 Å². The first-order valence-electron chi connectivity index (χ1n) is 6.33. The minimum atomic E-state index is -1.04. The van der Waals surface area contributed by atoms with Crippen LogP contribution in [0.15, 0.2) is 24.3 Å². The SMILES string of the molecule is CC1(C)C(C(=O)Nc2ccccc2C(=O)O)C1(C)C. The Morgan fingerprint density at radius 2 is 1.63 bits per heavy atom. The Kier molecular flexibility index (Phi) is 2.92. The molecule has 0 saturated heterocycles. The second kappa shape index (κ2) is 4.08. The number of anilines is 1. The Morgan fingerprint density at radius 3 is 2.11 bits per heavy atom. The lowest BCUT2D eigenvalue weighted by Gasteiger charge is -2.09. The van der Waals surface area contributed by atoms with Gasteiger partial charge in [0.25, 0.3) is 0 Å². The Labute approximate surface area is 112 Å². The smallest absolute Gasteiger partial charge is 0.337 e. The van der Waals surface area contributed by atoms with Crippen LogP contribution >= 0.6 is 0 Å². The highest BCUT2D eigenvalue weighted by Gasteiger charge is 2.68. The molecule has 19 heavy (non-hydrogen) atoms. The van der Waals surface area contributed by atoms with E-state index in [1.54, 1.807) is 18.2 Å². The van der Waals surface area contributed by atoms with Crippen molar-refractivity contribution in [2.24, 2.45) is 16.7 Å². The molecule has 0 atom stereocenters. The van der Waals surface area contributed by atoms with E-state index in [-0.39, 0.29) is 28.2 Å². The number of amides is 1. The number of hydrogen-bond donors (Lipinski definition) is 2. The van der Waals surface area contributed by atoms with Crippen LogP contribution < -0.4 is 5.32 Å². The molecule has 102 valence electrons. The van der Waals surface area contributed by atoms with E-state index in [0.29, 0.717) is 5.69 Å². The summed E-state index contributed by atoms with van der Waals surface area (Å²) in [5, 5.41) is 11.8. The average Bonchev–Trinajstić information content (AvgIpc) is 2.69. The van der Waals surface area contributed by atoms with E-state index in [0.717, 1.165) is 0 Å². The molecule has 2 N–H and O–H groups in total. The first kappa shape index (κ1) is 13.6. The molecule has 1 fully saturated rings. The standard InChI is InChI=1S/C15H19NO3/c1-14(2)11(15(14,3)4)12(17)16-10-8-6-5-7-9(10)13(18)19/h5-8,11H,1-4H3,(H,16,17)(H,18,19). The summed E-state index contributed by atoms with van der Waals surface area (Å²) in [7, 11) is 0. The summed E-state index contributed by atoms with van der Waals surface area (Å²) in [6.45, 7) is 8.22. The number of nitrogens with one attached hydrogen (secondary N) is 1. The summed E-state index contributed by atoms with van der Waals surface area (Å²) < 4.78 is 0. The molecular weight excluding hydrogens is 242 g/mol. The fourth-order valence-electron chi connectivity index (χ4n) is 2.84. The number of carbonyl (C=O) groups is 2. The normalized spacial score (nSPS) is 19.8. The lowest BCUT2D eigenvalue weighted by Crippen LogP contribution is -2.19. The van der Waals surface area contributed by atoms with Gasteiger partial charge in [0.15, 0.2) is 0 Å². The summed E-state index contributed by atoms with van der Waals surface area (Å²) in [4.78, 5) is 23.4. The van der Waals surface area contributed by atoms with Gasteiger partial charge in [0.1, 0.15) is 0 Å². The minimum Gasteiger partial charge on any atom is -0.478 e. The topological polar surface area (TPSA) is 66.4 Å². The van der Waals surface area contributed by atoms with Crippen LogP contribution in [0.2, 0.25) is 0 Å². The molecule has 1 aromatic carbocycles. The molecule has 0 spiro atoms. The van der Waals surface area contributed by atoms with Crippen molar-refractivity contribution in [2.45, 2.75) is 27.7 Å². The van der Waals surface area contributed by atoms with E-state index < -0.39 is 5.97 Å². The second-order valence-corrected chi connectivity index (χ2v) is 6.22. The third-order valence-corrected chi connectivity index (χ3v) is 4.70. The van der Waals surface area contributed by atoms with Crippen LogP contribution in [-0.2, 0) is 4.79 Å². The van der Waals surface area contributed by atoms with Gasteiger partial charge in [-0.1, -0.05) is 39.8 Å². The lowest BCUT2D eigenvalue weighted by atomic mass is 10.0. The molecule has 0 bridgehead atoms. The molecule has 4 nitrogen and oxygen atoms in total. The fraction of sp³-hybridized carbons (Fsp3) is 0.467. The number of para-hydroxylation sites is 1. The molecule has 1 aliphatic carbocycles. The van der Waals surface area contributed by atoms with Crippen LogP contribution in [0.25, 0.3) is 0 Å². The predicted molar refractivity (Wildman–Crippen MR) is 73.1 cm³/mol. The van der Waals surface area contributed by atoms with Gasteiger partial charge < -0.3 is 10.4 Å². The van der Waals surface area contributed by atoms with E-state index in [1.165, 1.54) is 6.07 Å². The molecule has 0 radical (unpaired) electrons. The van der Waals surface area contributed by atoms with Crippen molar-refractivity contribution in [1.82, 2.24) is 0 Å². The zero-order chi connectivity index (χ0) is 14.4. The van der Waals surface area contributed by atoms with E-state index in [2.05, 4.69) is 33.0 Å². The number of rotatable bonds is 3. The van der Waals surface area contributed by atoms with Gasteiger partial charge >= 0.3 is 5.97 Å². The maximum Gasteiger partial charge on any atom is 0.337 e. The molecule has 0 unspecified atom stereocenters. The Hall–Kier alpha value is -1.84. The Balaban J connectivity index is 2.20. The van der Waals surface area contributed by atoms with Crippen molar-refractivity contribution >= 4 is 17.6 Å². The van der Waals surface area contributed by atoms with Gasteiger partial charge in [-0.3, -0.25) is 4.79 Å². The van der Waals surface area contributed by atoms with Gasteiger partial charge in [-0.25, -0.2) is 4.79 Å². The number of carboxylic acid groups (broad SMARTS) is 1. The van der Waals surface area contributed by atoms with Crippen molar-refractivity contribution in [1.29, 1.82) is 0 Å². The number of benzene rings is 1. The fourth-order valence-corrected chi connectivity index (χ4v) is 2.84. The van der Waals surface area contributed by atoms with E-state index >= 15 is 0 Å². The predicted octanol–water partition coefficient (Wildman–Crippen LogP) is 3.01. The zero-order valence-electron chi connectivity index (χ0n) is 11.7. The molecule has 0 aliphatic heterocycles.